The van der Waals surface area contributed by atoms with E-state index in [0.29, 0.717) is 45.6 Å². The predicted molar refractivity (Wildman–Crippen MR) is 141 cm³/mol. The number of hydrogen-bond donors (Lipinski definition) is 2. The Bertz CT molecular complexity index is 1280. The van der Waals surface area contributed by atoms with E-state index in [1.54, 1.807) is 22.9 Å². The van der Waals surface area contributed by atoms with Gasteiger partial charge in [0, 0.05) is 71.8 Å². The van der Waals surface area contributed by atoms with Gasteiger partial charge in [0.05, 0.1) is 24.1 Å². The number of aromatic hydroxyl groups is 1. The van der Waals surface area contributed by atoms with Crippen molar-refractivity contribution in [1.29, 1.82) is 0 Å². The maximum Gasteiger partial charge on any atom is 0.242 e. The number of aryl methyl sites for hydroxylation is 1. The number of nitrogens with two attached hydrogens (primary N) is 1. The summed E-state index contributed by atoms with van der Waals surface area (Å²) in [5, 5.41) is 12.8. The highest BCUT2D eigenvalue weighted by Gasteiger charge is 2.29. The van der Waals surface area contributed by atoms with Crippen LogP contribution >= 0.6 is 23.2 Å². The molecule has 0 bridgehead atoms. The molecule has 2 saturated heterocycles. The van der Waals surface area contributed by atoms with Gasteiger partial charge in [0.25, 0.3) is 0 Å². The molecule has 8 nitrogen and oxygen atoms in total. The summed E-state index contributed by atoms with van der Waals surface area (Å²) in [4.78, 5) is 22.2. The molecule has 0 saturated carbocycles. The van der Waals surface area contributed by atoms with Gasteiger partial charge in [0.1, 0.15) is 6.54 Å². The van der Waals surface area contributed by atoms with Gasteiger partial charge >= 0.3 is 0 Å². The first-order valence-corrected chi connectivity index (χ1v) is 13.1. The number of pyridine rings is 1. The van der Waals surface area contributed by atoms with Crippen LogP contribution in [0, 0.1) is 6.92 Å². The van der Waals surface area contributed by atoms with E-state index in [4.69, 9.17) is 33.7 Å². The Morgan fingerprint density at radius 1 is 1.19 bits per heavy atom. The molecule has 0 atom stereocenters. The molecule has 10 heteroatoms. The molecule has 2 aromatic heterocycles. The number of amides is 1. The van der Waals surface area contributed by atoms with Crippen LogP contribution in [0.25, 0.3) is 22.0 Å². The minimum Gasteiger partial charge on any atom is -0.494 e. The molecule has 0 radical (unpaired) electrons. The van der Waals surface area contributed by atoms with Crippen LogP contribution in [0.3, 0.4) is 0 Å². The molecule has 0 aliphatic carbocycles. The maximum atomic E-state index is 13.2. The number of carbonyl (C=O) groups excluding carboxylic acids is 1. The van der Waals surface area contributed by atoms with Gasteiger partial charge in [-0.3, -0.25) is 14.7 Å². The number of rotatable bonds is 5. The van der Waals surface area contributed by atoms with Gasteiger partial charge in [0.15, 0.2) is 0 Å². The average Bonchev–Trinajstić information content (AvgIpc) is 3.18. The second-order valence-electron chi connectivity index (χ2n) is 9.48. The fourth-order valence-electron chi connectivity index (χ4n) is 5.46. The normalized spacial score (nSPS) is 17.7. The van der Waals surface area contributed by atoms with Crippen molar-refractivity contribution in [3.05, 3.63) is 45.7 Å². The van der Waals surface area contributed by atoms with E-state index in [2.05, 4.69) is 9.88 Å². The minimum atomic E-state index is -0.0234. The van der Waals surface area contributed by atoms with Gasteiger partial charge in [-0.15, -0.1) is 0 Å². The molecule has 4 heterocycles. The van der Waals surface area contributed by atoms with Crippen molar-refractivity contribution in [2.75, 3.05) is 39.4 Å². The standard InChI is InChI=1S/C26H31Cl2N5O3/c1-16-20(13-29)24(19-3-2-17(27)12-21(19)28)25-22(30-16)14-33(26(25)35)15-23(34)32-6-4-18(5-7-32)31-8-10-36-11-9-31/h2-3,12,14,18,35H,4-11,13,15,29H2,1H3. The quantitative estimate of drug-likeness (QED) is 0.519. The topological polar surface area (TPSA) is 96.9 Å². The minimum absolute atomic E-state index is 0.0205. The molecular formula is C26H31Cl2N5O3. The van der Waals surface area contributed by atoms with Gasteiger partial charge in [-0.1, -0.05) is 29.3 Å². The number of nitrogens with zero attached hydrogens (tertiary/aromatic N) is 4. The second kappa shape index (κ2) is 10.6. The third-order valence-corrected chi connectivity index (χ3v) is 7.94. The first-order valence-electron chi connectivity index (χ1n) is 12.3. The Balaban J connectivity index is 1.41. The number of carbonyl (C=O) groups is 1. The van der Waals surface area contributed by atoms with Crippen LogP contribution in [-0.2, 0) is 22.6 Å². The number of benzene rings is 1. The van der Waals surface area contributed by atoms with Crippen molar-refractivity contribution in [1.82, 2.24) is 19.4 Å². The maximum absolute atomic E-state index is 13.2. The molecule has 3 N–H and O–H groups in total. The predicted octanol–water partition coefficient (Wildman–Crippen LogP) is 3.81. The molecule has 3 aromatic rings. The van der Waals surface area contributed by atoms with Crippen LogP contribution < -0.4 is 5.73 Å². The van der Waals surface area contributed by atoms with Crippen molar-refractivity contribution in [2.24, 2.45) is 5.73 Å². The molecule has 1 aromatic carbocycles. The lowest BCUT2D eigenvalue weighted by atomic mass is 9.95. The number of morpholine rings is 1. The molecule has 2 aliphatic heterocycles. The lowest BCUT2D eigenvalue weighted by Gasteiger charge is -2.40. The third kappa shape index (κ3) is 4.80. The van der Waals surface area contributed by atoms with Crippen LogP contribution in [0.2, 0.25) is 10.0 Å². The molecule has 2 aliphatic rings. The Labute approximate surface area is 220 Å². The summed E-state index contributed by atoms with van der Waals surface area (Å²) in [6, 6.07) is 5.73. The summed E-state index contributed by atoms with van der Waals surface area (Å²) < 4.78 is 7.04. The van der Waals surface area contributed by atoms with Gasteiger partial charge < -0.3 is 25.0 Å². The van der Waals surface area contributed by atoms with Crippen molar-refractivity contribution < 1.29 is 14.6 Å². The summed E-state index contributed by atoms with van der Waals surface area (Å²) in [5.41, 5.74) is 9.64. The number of hydrogen-bond acceptors (Lipinski definition) is 6. The van der Waals surface area contributed by atoms with E-state index in [-0.39, 0.29) is 24.9 Å². The van der Waals surface area contributed by atoms with E-state index < -0.39 is 0 Å². The number of ether oxygens (including phenoxy) is 1. The van der Waals surface area contributed by atoms with Gasteiger partial charge in [-0.05, 0) is 37.5 Å². The molecule has 1 amide bonds. The Morgan fingerprint density at radius 2 is 1.92 bits per heavy atom. The van der Waals surface area contributed by atoms with E-state index in [9.17, 15) is 9.90 Å². The summed E-state index contributed by atoms with van der Waals surface area (Å²) in [6.45, 7) is 7.04. The highest BCUT2D eigenvalue weighted by molar-refractivity contribution is 6.36. The first kappa shape index (κ1) is 25.3. The molecule has 0 spiro atoms. The first-order chi connectivity index (χ1) is 17.4. The highest BCUT2D eigenvalue weighted by atomic mass is 35.5. The van der Waals surface area contributed by atoms with E-state index in [0.717, 1.165) is 56.0 Å². The Morgan fingerprint density at radius 3 is 2.58 bits per heavy atom. The van der Waals surface area contributed by atoms with Crippen molar-refractivity contribution in [3.63, 3.8) is 0 Å². The van der Waals surface area contributed by atoms with Crippen LogP contribution in [-0.4, -0.2) is 75.8 Å². The second-order valence-corrected chi connectivity index (χ2v) is 10.3. The zero-order valence-corrected chi connectivity index (χ0v) is 21.9. The van der Waals surface area contributed by atoms with Crippen LogP contribution in [0.5, 0.6) is 5.88 Å². The largest absolute Gasteiger partial charge is 0.494 e. The summed E-state index contributed by atoms with van der Waals surface area (Å²) in [6.07, 6.45) is 3.63. The van der Waals surface area contributed by atoms with Crippen LogP contribution in [0.15, 0.2) is 24.4 Å². The van der Waals surface area contributed by atoms with E-state index in [1.165, 1.54) is 0 Å². The molecule has 36 heavy (non-hydrogen) atoms. The van der Waals surface area contributed by atoms with Gasteiger partial charge in [0.2, 0.25) is 11.8 Å². The zero-order valence-electron chi connectivity index (χ0n) is 20.3. The fourth-order valence-corrected chi connectivity index (χ4v) is 5.97. The smallest absolute Gasteiger partial charge is 0.242 e. The Kier molecular flexibility index (Phi) is 7.42. The van der Waals surface area contributed by atoms with Crippen molar-refractivity contribution >= 4 is 40.0 Å². The third-order valence-electron chi connectivity index (χ3n) is 7.40. The van der Waals surface area contributed by atoms with E-state index >= 15 is 0 Å². The summed E-state index contributed by atoms with van der Waals surface area (Å²) in [7, 11) is 0. The summed E-state index contributed by atoms with van der Waals surface area (Å²) >= 11 is 12.7. The number of aromatic nitrogens is 2. The number of fused-ring (bicyclic) bond motifs is 1. The van der Waals surface area contributed by atoms with Gasteiger partial charge in [-0.2, -0.15) is 0 Å². The summed E-state index contributed by atoms with van der Waals surface area (Å²) in [5.74, 6) is -0.0438. The van der Waals surface area contributed by atoms with E-state index in [1.807, 2.05) is 17.9 Å². The van der Waals surface area contributed by atoms with Crippen LogP contribution in [0.1, 0.15) is 24.1 Å². The number of likely N-dealkylation sites (tertiary alicyclic amines) is 1. The molecule has 192 valence electrons. The van der Waals surface area contributed by atoms with Crippen molar-refractivity contribution in [2.45, 2.75) is 38.9 Å². The Hall–Kier alpha value is -2.36. The lowest BCUT2D eigenvalue weighted by molar-refractivity contribution is -0.133. The molecule has 0 unspecified atom stereocenters. The van der Waals surface area contributed by atoms with Crippen LogP contribution in [0.4, 0.5) is 0 Å². The zero-order chi connectivity index (χ0) is 25.4. The van der Waals surface area contributed by atoms with Gasteiger partial charge in [-0.25, -0.2) is 0 Å². The number of piperidine rings is 1. The average molecular weight is 532 g/mol. The fraction of sp³-hybridized carbons (Fsp3) is 0.462. The van der Waals surface area contributed by atoms with Crippen molar-refractivity contribution in [3.8, 4) is 17.0 Å². The highest BCUT2D eigenvalue weighted by Crippen LogP contribution is 2.42. The molecule has 5 rings (SSSR count). The molecular weight excluding hydrogens is 501 g/mol. The SMILES string of the molecule is Cc1nc2cn(CC(=O)N3CCC(N4CCOCC4)CC3)c(O)c2c(-c2ccc(Cl)cc2Cl)c1CN. The monoisotopic (exact) mass is 531 g/mol. The lowest BCUT2D eigenvalue weighted by Crippen LogP contribution is -2.50. The number of halogens is 2. The molecule has 2 fully saturated rings.